The van der Waals surface area contributed by atoms with Gasteiger partial charge < -0.3 is 5.32 Å². The average molecular weight is 397 g/mol. The van der Waals surface area contributed by atoms with Gasteiger partial charge in [-0.25, -0.2) is 9.97 Å². The molecular formula is C24H36N4O. The molecule has 158 valence electrons. The normalized spacial score (nSPS) is 34.1. The van der Waals surface area contributed by atoms with Crippen molar-refractivity contribution in [3.8, 4) is 0 Å². The summed E-state index contributed by atoms with van der Waals surface area (Å²) in [5.41, 5.74) is 2.16. The van der Waals surface area contributed by atoms with Crippen molar-refractivity contribution in [1.82, 2.24) is 14.9 Å². The Morgan fingerprint density at radius 2 is 1.90 bits per heavy atom. The third-order valence-electron chi connectivity index (χ3n) is 8.19. The first-order valence-corrected chi connectivity index (χ1v) is 11.9. The SMILES string of the molecule is CCCC(C)CN1CCc2c(ncnc2NC(=O)C23CC4CC(CC(C4)C2)C3)C1. The Bertz CT molecular complexity index is 741. The number of fused-ring (bicyclic) bond motifs is 1. The maximum absolute atomic E-state index is 13.5. The molecule has 1 N–H and O–H groups in total. The van der Waals surface area contributed by atoms with E-state index in [0.29, 0.717) is 0 Å². The number of carbonyl (C=O) groups excluding carboxylic acids is 1. The molecule has 0 aromatic carbocycles. The Morgan fingerprint density at radius 3 is 2.55 bits per heavy atom. The molecule has 0 spiro atoms. The molecule has 4 bridgehead atoms. The van der Waals surface area contributed by atoms with Crippen LogP contribution in [0.5, 0.6) is 0 Å². The molecule has 5 aliphatic rings. The van der Waals surface area contributed by atoms with E-state index < -0.39 is 0 Å². The number of anilines is 1. The lowest BCUT2D eigenvalue weighted by Crippen LogP contribution is -2.52. The molecular weight excluding hydrogens is 360 g/mol. The molecule has 1 atom stereocenters. The van der Waals surface area contributed by atoms with Crippen LogP contribution in [0, 0.1) is 29.1 Å². The Balaban J connectivity index is 1.29. The van der Waals surface area contributed by atoms with Crippen LogP contribution in [0.3, 0.4) is 0 Å². The van der Waals surface area contributed by atoms with Gasteiger partial charge in [-0.05, 0) is 75.0 Å². The molecule has 1 unspecified atom stereocenters. The van der Waals surface area contributed by atoms with E-state index in [1.807, 2.05) is 0 Å². The lowest BCUT2D eigenvalue weighted by atomic mass is 9.49. The maximum Gasteiger partial charge on any atom is 0.231 e. The fourth-order valence-corrected chi connectivity index (χ4v) is 7.33. The number of nitrogens with one attached hydrogen (secondary N) is 1. The Hall–Kier alpha value is -1.49. The monoisotopic (exact) mass is 396 g/mol. The summed E-state index contributed by atoms with van der Waals surface area (Å²) in [4.78, 5) is 25.1. The smallest absolute Gasteiger partial charge is 0.231 e. The molecule has 5 heteroatoms. The predicted molar refractivity (Wildman–Crippen MR) is 114 cm³/mol. The standard InChI is InChI=1S/C24H36N4O/c1-3-4-16(2)13-28-6-5-20-21(14-28)25-15-26-22(20)27-23(29)24-10-17-7-18(11-24)9-19(8-17)12-24/h15-19H,3-14H2,1-2H3,(H,25,26,27,29). The highest BCUT2D eigenvalue weighted by Gasteiger charge is 2.54. The quantitative estimate of drug-likeness (QED) is 0.773. The molecule has 1 aromatic rings. The maximum atomic E-state index is 13.5. The molecule has 4 saturated carbocycles. The molecule has 1 aliphatic heterocycles. The highest BCUT2D eigenvalue weighted by Crippen LogP contribution is 2.60. The highest BCUT2D eigenvalue weighted by atomic mass is 16.2. The number of rotatable bonds is 6. The highest BCUT2D eigenvalue weighted by molar-refractivity contribution is 5.95. The zero-order chi connectivity index (χ0) is 20.0. The van der Waals surface area contributed by atoms with Crippen molar-refractivity contribution in [1.29, 1.82) is 0 Å². The van der Waals surface area contributed by atoms with Gasteiger partial charge >= 0.3 is 0 Å². The molecule has 4 fully saturated rings. The van der Waals surface area contributed by atoms with Gasteiger partial charge in [-0.15, -0.1) is 0 Å². The predicted octanol–water partition coefficient (Wildman–Crippen LogP) is 4.43. The molecule has 0 saturated heterocycles. The number of hydrogen-bond acceptors (Lipinski definition) is 4. The number of nitrogens with zero attached hydrogens (tertiary/aromatic N) is 3. The summed E-state index contributed by atoms with van der Waals surface area (Å²) in [6.45, 7) is 7.65. The molecule has 6 rings (SSSR count). The second-order valence-electron chi connectivity index (χ2n) is 10.7. The first kappa shape index (κ1) is 19.5. The molecule has 2 heterocycles. The number of carbonyl (C=O) groups is 1. The minimum atomic E-state index is -0.122. The van der Waals surface area contributed by atoms with Crippen molar-refractivity contribution in [2.75, 3.05) is 18.4 Å². The summed E-state index contributed by atoms with van der Waals surface area (Å²) < 4.78 is 0. The average Bonchev–Trinajstić information content (AvgIpc) is 2.67. The van der Waals surface area contributed by atoms with Crippen LogP contribution < -0.4 is 5.32 Å². The Labute approximate surface area is 175 Å². The van der Waals surface area contributed by atoms with Crippen molar-refractivity contribution in [2.24, 2.45) is 29.1 Å². The van der Waals surface area contributed by atoms with Crippen LogP contribution in [0.25, 0.3) is 0 Å². The molecule has 0 radical (unpaired) electrons. The van der Waals surface area contributed by atoms with E-state index in [2.05, 4.69) is 34.0 Å². The first-order valence-electron chi connectivity index (χ1n) is 11.9. The van der Waals surface area contributed by atoms with Crippen LogP contribution in [0.15, 0.2) is 6.33 Å². The lowest BCUT2D eigenvalue weighted by Gasteiger charge is -2.55. The fraction of sp³-hybridized carbons (Fsp3) is 0.792. The van der Waals surface area contributed by atoms with Gasteiger partial charge in [0.15, 0.2) is 0 Å². The largest absolute Gasteiger partial charge is 0.310 e. The molecule has 4 aliphatic carbocycles. The zero-order valence-electron chi connectivity index (χ0n) is 18.1. The van der Waals surface area contributed by atoms with E-state index in [1.54, 1.807) is 6.33 Å². The van der Waals surface area contributed by atoms with Gasteiger partial charge in [0.2, 0.25) is 5.91 Å². The minimum Gasteiger partial charge on any atom is -0.310 e. The van der Waals surface area contributed by atoms with Crippen LogP contribution >= 0.6 is 0 Å². The summed E-state index contributed by atoms with van der Waals surface area (Å²) >= 11 is 0. The van der Waals surface area contributed by atoms with Crippen LogP contribution in [0.4, 0.5) is 5.82 Å². The third-order valence-corrected chi connectivity index (χ3v) is 8.19. The third kappa shape index (κ3) is 3.71. The van der Waals surface area contributed by atoms with Crippen LogP contribution in [-0.4, -0.2) is 33.9 Å². The minimum absolute atomic E-state index is 0.122. The Kier molecular flexibility index (Phi) is 5.13. The van der Waals surface area contributed by atoms with Crippen molar-refractivity contribution in [3.05, 3.63) is 17.6 Å². The van der Waals surface area contributed by atoms with Crippen molar-refractivity contribution >= 4 is 11.7 Å². The van der Waals surface area contributed by atoms with Gasteiger partial charge in [0.1, 0.15) is 12.1 Å². The van der Waals surface area contributed by atoms with Gasteiger partial charge in [-0.1, -0.05) is 20.3 Å². The van der Waals surface area contributed by atoms with E-state index in [1.165, 1.54) is 37.7 Å². The number of amides is 1. The van der Waals surface area contributed by atoms with Gasteiger partial charge in [-0.2, -0.15) is 0 Å². The van der Waals surface area contributed by atoms with E-state index >= 15 is 0 Å². The van der Waals surface area contributed by atoms with Gasteiger partial charge in [0.05, 0.1) is 11.1 Å². The molecule has 1 aromatic heterocycles. The van der Waals surface area contributed by atoms with Crippen molar-refractivity contribution in [3.63, 3.8) is 0 Å². The van der Waals surface area contributed by atoms with Crippen molar-refractivity contribution < 1.29 is 4.79 Å². The van der Waals surface area contributed by atoms with E-state index in [9.17, 15) is 4.79 Å². The van der Waals surface area contributed by atoms with Crippen LogP contribution in [0.1, 0.15) is 76.5 Å². The topological polar surface area (TPSA) is 58.1 Å². The van der Waals surface area contributed by atoms with Crippen LogP contribution in [-0.2, 0) is 17.8 Å². The Morgan fingerprint density at radius 1 is 1.21 bits per heavy atom. The summed E-state index contributed by atoms with van der Waals surface area (Å²) in [6, 6.07) is 0. The summed E-state index contributed by atoms with van der Waals surface area (Å²) in [5.74, 6) is 4.10. The zero-order valence-corrected chi connectivity index (χ0v) is 18.1. The van der Waals surface area contributed by atoms with Gasteiger partial charge in [-0.3, -0.25) is 9.69 Å². The second-order valence-corrected chi connectivity index (χ2v) is 10.7. The molecule has 29 heavy (non-hydrogen) atoms. The van der Waals surface area contributed by atoms with E-state index in [4.69, 9.17) is 0 Å². The summed E-state index contributed by atoms with van der Waals surface area (Å²) in [7, 11) is 0. The van der Waals surface area contributed by atoms with E-state index in [-0.39, 0.29) is 11.3 Å². The fourth-order valence-electron chi connectivity index (χ4n) is 7.33. The van der Waals surface area contributed by atoms with E-state index in [0.717, 1.165) is 80.5 Å². The summed E-state index contributed by atoms with van der Waals surface area (Å²) in [6.07, 6.45) is 12.5. The first-order chi connectivity index (χ1) is 14.0. The lowest BCUT2D eigenvalue weighted by molar-refractivity contribution is -0.140. The molecule has 5 nitrogen and oxygen atoms in total. The molecule has 1 amide bonds. The second kappa shape index (κ2) is 7.64. The van der Waals surface area contributed by atoms with Crippen molar-refractivity contribution in [2.45, 2.75) is 78.2 Å². The van der Waals surface area contributed by atoms with Gasteiger partial charge in [0.25, 0.3) is 0 Å². The summed E-state index contributed by atoms with van der Waals surface area (Å²) in [5, 5.41) is 3.29. The van der Waals surface area contributed by atoms with Gasteiger partial charge in [0, 0.05) is 25.2 Å². The number of aromatic nitrogens is 2. The number of hydrogen-bond donors (Lipinski definition) is 1. The van der Waals surface area contributed by atoms with Crippen LogP contribution in [0.2, 0.25) is 0 Å².